The lowest BCUT2D eigenvalue weighted by molar-refractivity contribution is -0.576. The first-order valence-corrected chi connectivity index (χ1v) is 11.4. The van der Waals surface area contributed by atoms with E-state index in [-0.39, 0.29) is 35.0 Å². The van der Waals surface area contributed by atoms with E-state index in [1.54, 1.807) is 47.3 Å². The fraction of sp³-hybridized carbons (Fsp3) is 0.250. The second kappa shape index (κ2) is 9.97. The number of carbonyl (C=O) groups is 2. The van der Waals surface area contributed by atoms with Gasteiger partial charge < -0.3 is 9.84 Å². The lowest BCUT2D eigenvalue weighted by Gasteiger charge is -2.15. The molecule has 10 heteroatoms. The zero-order valence-corrected chi connectivity index (χ0v) is 20.1. The molecular weight excluding hydrogens is 479 g/mol. The molecule has 0 spiro atoms. The lowest BCUT2D eigenvalue weighted by atomic mass is 10.0. The number of halogens is 2. The highest BCUT2D eigenvalue weighted by atomic mass is 35.5. The minimum atomic E-state index is -0.559. The predicted octanol–water partition coefficient (Wildman–Crippen LogP) is 2.88. The molecule has 2 aromatic heterocycles. The Morgan fingerprint density at radius 3 is 2.47 bits per heavy atom. The van der Waals surface area contributed by atoms with Crippen LogP contribution in [0.5, 0.6) is 5.88 Å². The Morgan fingerprint density at radius 1 is 1.09 bits per heavy atom. The maximum Gasteiger partial charge on any atom is 0.326 e. The Balaban J connectivity index is 1.96. The van der Waals surface area contributed by atoms with Crippen LogP contribution < -0.4 is 9.67 Å². The van der Waals surface area contributed by atoms with E-state index in [1.807, 2.05) is 6.92 Å². The molecule has 0 atom stereocenters. The third-order valence-electron chi connectivity index (χ3n) is 5.44. The quantitative estimate of drug-likeness (QED) is 0.350. The van der Waals surface area contributed by atoms with Gasteiger partial charge in [0.2, 0.25) is 0 Å². The van der Waals surface area contributed by atoms with Crippen LogP contribution in [0.2, 0.25) is 10.0 Å². The molecule has 3 heterocycles. The molecule has 0 bridgehead atoms. The van der Waals surface area contributed by atoms with E-state index in [4.69, 9.17) is 27.9 Å². The third kappa shape index (κ3) is 4.20. The Kier molecular flexibility index (Phi) is 7.02. The molecule has 4 rings (SSSR count). The third-order valence-corrected chi connectivity index (χ3v) is 6.18. The molecule has 0 aliphatic carbocycles. The van der Waals surface area contributed by atoms with Gasteiger partial charge in [-0.05, 0) is 30.5 Å². The van der Waals surface area contributed by atoms with Crippen LogP contribution in [0, 0.1) is 0 Å². The van der Waals surface area contributed by atoms with E-state index < -0.39 is 17.7 Å². The Morgan fingerprint density at radius 2 is 1.82 bits per heavy atom. The summed E-state index contributed by atoms with van der Waals surface area (Å²) in [6.45, 7) is 2.18. The average Bonchev–Trinajstić information content (AvgIpc) is 3.27. The van der Waals surface area contributed by atoms with Crippen molar-refractivity contribution in [3.05, 3.63) is 70.1 Å². The van der Waals surface area contributed by atoms with Gasteiger partial charge in [-0.3, -0.25) is 14.5 Å². The summed E-state index contributed by atoms with van der Waals surface area (Å²) in [6, 6.07) is 10.0. The number of benzene rings is 1. The minimum Gasteiger partial charge on any atom is -0.858 e. The van der Waals surface area contributed by atoms with Crippen molar-refractivity contribution >= 4 is 46.3 Å². The topological polar surface area (TPSA) is 91.4 Å². The van der Waals surface area contributed by atoms with E-state index in [9.17, 15) is 14.7 Å². The summed E-state index contributed by atoms with van der Waals surface area (Å²) in [4.78, 5) is 28.0. The van der Waals surface area contributed by atoms with Crippen LogP contribution >= 0.6 is 23.2 Å². The van der Waals surface area contributed by atoms with Crippen molar-refractivity contribution in [2.45, 2.75) is 19.8 Å². The first-order valence-electron chi connectivity index (χ1n) is 10.7. The normalized spacial score (nSPS) is 13.9. The zero-order valence-electron chi connectivity index (χ0n) is 18.6. The Bertz CT molecular complexity index is 1290. The fourth-order valence-corrected chi connectivity index (χ4v) is 4.15. The van der Waals surface area contributed by atoms with Crippen molar-refractivity contribution in [1.29, 1.82) is 0 Å². The molecule has 176 valence electrons. The standard InChI is InChI=1S/C24H22Cl2N4O4/c1-3-7-18-19(23(32)30(27-18)15-8-9-16(25)17(26)14-15)20-21(28-10-5-4-6-11-28)24(33)29(22(20)31)12-13-34-2/h4-6,8-11,14H,3,7,12-13H2,1-2H3. The Labute approximate surface area is 206 Å². The SMILES string of the molecule is CCCc1nn(-c2ccc(Cl)c(Cl)c2)c([O-])c1C1=C([n+]2ccccc2)C(=O)N(CCOC)C1=O. The molecule has 0 N–H and O–H groups in total. The van der Waals surface area contributed by atoms with Gasteiger partial charge in [-0.25, -0.2) is 4.68 Å². The van der Waals surface area contributed by atoms with Gasteiger partial charge in [0.15, 0.2) is 12.4 Å². The predicted molar refractivity (Wildman–Crippen MR) is 125 cm³/mol. The van der Waals surface area contributed by atoms with Crippen LogP contribution in [0.1, 0.15) is 24.6 Å². The van der Waals surface area contributed by atoms with Gasteiger partial charge in [-0.15, -0.1) is 0 Å². The molecule has 0 radical (unpaired) electrons. The molecule has 0 saturated heterocycles. The number of methoxy groups -OCH3 is 1. The van der Waals surface area contributed by atoms with E-state index in [1.165, 1.54) is 17.9 Å². The van der Waals surface area contributed by atoms with Crippen molar-refractivity contribution in [2.75, 3.05) is 20.3 Å². The Hall–Kier alpha value is -3.20. The molecule has 2 amide bonds. The first kappa shape index (κ1) is 23.9. The number of aryl methyl sites for hydroxylation is 1. The van der Waals surface area contributed by atoms with Crippen LogP contribution in [0.4, 0.5) is 0 Å². The monoisotopic (exact) mass is 500 g/mol. The number of hydrogen-bond acceptors (Lipinski definition) is 5. The summed E-state index contributed by atoms with van der Waals surface area (Å²) in [7, 11) is 1.49. The van der Waals surface area contributed by atoms with Gasteiger partial charge in [0.25, 0.3) is 11.6 Å². The van der Waals surface area contributed by atoms with E-state index in [2.05, 4.69) is 5.10 Å². The van der Waals surface area contributed by atoms with Gasteiger partial charge in [-0.1, -0.05) is 42.6 Å². The molecule has 0 saturated carbocycles. The lowest BCUT2D eigenvalue weighted by Crippen LogP contribution is -2.40. The van der Waals surface area contributed by atoms with Crippen LogP contribution in [-0.4, -0.2) is 46.8 Å². The van der Waals surface area contributed by atoms with Crippen molar-refractivity contribution in [3.63, 3.8) is 0 Å². The molecule has 34 heavy (non-hydrogen) atoms. The van der Waals surface area contributed by atoms with Crippen molar-refractivity contribution in [3.8, 4) is 11.6 Å². The largest absolute Gasteiger partial charge is 0.858 e. The molecule has 1 aliphatic heterocycles. The number of aromatic nitrogens is 3. The van der Waals surface area contributed by atoms with Crippen LogP contribution in [0.3, 0.4) is 0 Å². The average molecular weight is 501 g/mol. The summed E-state index contributed by atoms with van der Waals surface area (Å²) in [5.74, 6) is -1.57. The number of carbonyl (C=O) groups excluding carboxylic acids is 2. The number of imide groups is 1. The number of pyridine rings is 1. The van der Waals surface area contributed by atoms with E-state index >= 15 is 0 Å². The maximum atomic E-state index is 13.7. The van der Waals surface area contributed by atoms with E-state index in [0.29, 0.717) is 29.2 Å². The van der Waals surface area contributed by atoms with Crippen molar-refractivity contribution in [2.24, 2.45) is 0 Å². The smallest absolute Gasteiger partial charge is 0.326 e. The molecule has 0 unspecified atom stereocenters. The second-order valence-electron chi connectivity index (χ2n) is 7.65. The summed E-state index contributed by atoms with van der Waals surface area (Å²) in [5, 5.41) is 18.8. The highest BCUT2D eigenvalue weighted by Crippen LogP contribution is 2.37. The highest BCUT2D eigenvalue weighted by molar-refractivity contribution is 6.45. The zero-order chi connectivity index (χ0) is 24.4. The molecular formula is C24H22Cl2N4O4. The van der Waals surface area contributed by atoms with Gasteiger partial charge in [0, 0.05) is 24.8 Å². The van der Waals surface area contributed by atoms with E-state index in [0.717, 1.165) is 4.90 Å². The summed E-state index contributed by atoms with van der Waals surface area (Å²) >= 11 is 12.2. The fourth-order valence-electron chi connectivity index (χ4n) is 3.86. The molecule has 3 aromatic rings. The van der Waals surface area contributed by atoms with Crippen molar-refractivity contribution < 1.29 is 24.0 Å². The number of rotatable bonds is 8. The first-order chi connectivity index (χ1) is 16.4. The summed E-state index contributed by atoms with van der Waals surface area (Å²) in [5.41, 5.74) is 1.07. The van der Waals surface area contributed by atoms with Crippen LogP contribution in [0.25, 0.3) is 17.0 Å². The van der Waals surface area contributed by atoms with Gasteiger partial charge in [-0.2, -0.15) is 9.67 Å². The molecule has 1 aromatic carbocycles. The number of amides is 2. The van der Waals surface area contributed by atoms with Crippen LogP contribution in [-0.2, 0) is 20.7 Å². The molecule has 0 fully saturated rings. The summed E-state index contributed by atoms with van der Waals surface area (Å²) in [6.07, 6.45) is 4.44. The van der Waals surface area contributed by atoms with Gasteiger partial charge in [0.1, 0.15) is 5.57 Å². The minimum absolute atomic E-state index is 0.0251. The number of nitrogens with zero attached hydrogens (tertiary/aromatic N) is 4. The van der Waals surface area contributed by atoms with Crippen molar-refractivity contribution in [1.82, 2.24) is 14.7 Å². The highest BCUT2D eigenvalue weighted by Gasteiger charge is 2.46. The molecule has 1 aliphatic rings. The van der Waals surface area contributed by atoms with Gasteiger partial charge >= 0.3 is 5.91 Å². The number of ether oxygens (including phenoxy) is 1. The van der Waals surface area contributed by atoms with Gasteiger partial charge in [0.05, 0.1) is 34.6 Å². The number of hydrogen-bond donors (Lipinski definition) is 0. The summed E-state index contributed by atoms with van der Waals surface area (Å²) < 4.78 is 7.82. The second-order valence-corrected chi connectivity index (χ2v) is 8.46. The van der Waals surface area contributed by atoms with Crippen LogP contribution in [0.15, 0.2) is 48.8 Å². The molecule has 8 nitrogen and oxygen atoms in total. The maximum absolute atomic E-state index is 13.7.